The molecule has 0 unspecified atom stereocenters. The quantitative estimate of drug-likeness (QED) is 0.903. The van der Waals surface area contributed by atoms with E-state index >= 15 is 0 Å². The van der Waals surface area contributed by atoms with Gasteiger partial charge in [0.2, 0.25) is 0 Å². The van der Waals surface area contributed by atoms with Gasteiger partial charge in [-0.1, -0.05) is 28.1 Å². The van der Waals surface area contributed by atoms with E-state index in [2.05, 4.69) is 65.2 Å². The second-order valence-electron chi connectivity index (χ2n) is 4.40. The molecule has 0 aliphatic rings. The van der Waals surface area contributed by atoms with Crippen LogP contribution < -0.4 is 5.32 Å². The van der Waals surface area contributed by atoms with E-state index in [0.29, 0.717) is 6.04 Å². The molecule has 18 heavy (non-hydrogen) atoms. The first-order valence-electron chi connectivity index (χ1n) is 5.98. The summed E-state index contributed by atoms with van der Waals surface area (Å²) in [6, 6.07) is 8.76. The van der Waals surface area contributed by atoms with Crippen molar-refractivity contribution in [3.63, 3.8) is 0 Å². The summed E-state index contributed by atoms with van der Waals surface area (Å²) in [5.41, 5.74) is 2.44. The van der Waals surface area contributed by atoms with Gasteiger partial charge in [0.15, 0.2) is 0 Å². The highest BCUT2D eigenvalue weighted by Crippen LogP contribution is 2.20. The van der Waals surface area contributed by atoms with E-state index in [0.717, 1.165) is 21.7 Å². The standard InChI is InChI=1S/C14H17BrN2S/c1-9(12-5-4-6-13(15)7-12)16-8-14-10(2)17-11(3)18-14/h4-7,9,16H,8H2,1-3H3/t9-/m1/s1. The average molecular weight is 325 g/mol. The number of nitrogens with zero attached hydrogens (tertiary/aromatic N) is 1. The first kappa shape index (κ1) is 13.7. The van der Waals surface area contributed by atoms with E-state index < -0.39 is 0 Å². The molecule has 0 aliphatic heterocycles. The summed E-state index contributed by atoms with van der Waals surface area (Å²) in [5, 5.41) is 4.68. The Morgan fingerprint density at radius 2 is 2.17 bits per heavy atom. The van der Waals surface area contributed by atoms with Gasteiger partial charge in [0.1, 0.15) is 0 Å². The van der Waals surface area contributed by atoms with Gasteiger partial charge in [-0.05, 0) is 38.5 Å². The summed E-state index contributed by atoms with van der Waals surface area (Å²) >= 11 is 5.28. The Bertz CT molecular complexity index is 536. The summed E-state index contributed by atoms with van der Waals surface area (Å²) in [6.07, 6.45) is 0. The predicted octanol–water partition coefficient (Wildman–Crippen LogP) is 4.37. The van der Waals surface area contributed by atoms with Crippen molar-refractivity contribution < 1.29 is 0 Å². The van der Waals surface area contributed by atoms with Crippen molar-refractivity contribution >= 4 is 27.3 Å². The third kappa shape index (κ3) is 3.40. The zero-order valence-electron chi connectivity index (χ0n) is 10.8. The number of rotatable bonds is 4. The molecule has 0 saturated heterocycles. The van der Waals surface area contributed by atoms with Gasteiger partial charge in [0, 0.05) is 21.9 Å². The second-order valence-corrected chi connectivity index (χ2v) is 6.60. The topological polar surface area (TPSA) is 24.9 Å². The third-order valence-corrected chi connectivity index (χ3v) is 4.48. The fraction of sp³-hybridized carbons (Fsp3) is 0.357. The summed E-state index contributed by atoms with van der Waals surface area (Å²) in [5.74, 6) is 0. The Morgan fingerprint density at radius 1 is 1.39 bits per heavy atom. The summed E-state index contributed by atoms with van der Waals surface area (Å²) in [7, 11) is 0. The smallest absolute Gasteiger partial charge is 0.0900 e. The number of hydrogen-bond donors (Lipinski definition) is 1. The summed E-state index contributed by atoms with van der Waals surface area (Å²) in [6.45, 7) is 7.19. The molecule has 4 heteroatoms. The van der Waals surface area contributed by atoms with Crippen LogP contribution in [0.15, 0.2) is 28.7 Å². The lowest BCUT2D eigenvalue weighted by Gasteiger charge is -2.14. The number of thiazole rings is 1. The van der Waals surface area contributed by atoms with Gasteiger partial charge in [-0.25, -0.2) is 4.98 Å². The number of aromatic nitrogens is 1. The molecule has 0 spiro atoms. The van der Waals surface area contributed by atoms with E-state index in [1.54, 1.807) is 11.3 Å². The number of halogens is 1. The van der Waals surface area contributed by atoms with Gasteiger partial charge in [-0.3, -0.25) is 0 Å². The maximum Gasteiger partial charge on any atom is 0.0900 e. The van der Waals surface area contributed by atoms with Crippen molar-refractivity contribution in [1.82, 2.24) is 10.3 Å². The molecule has 0 saturated carbocycles. The van der Waals surface area contributed by atoms with Crippen LogP contribution in [0.2, 0.25) is 0 Å². The van der Waals surface area contributed by atoms with Gasteiger partial charge in [-0.15, -0.1) is 11.3 Å². The molecule has 1 heterocycles. The highest BCUT2D eigenvalue weighted by molar-refractivity contribution is 9.10. The Hall–Kier alpha value is -0.710. The molecular weight excluding hydrogens is 308 g/mol. The Morgan fingerprint density at radius 3 is 2.78 bits per heavy atom. The minimum absolute atomic E-state index is 0.337. The zero-order valence-corrected chi connectivity index (χ0v) is 13.2. The highest BCUT2D eigenvalue weighted by Gasteiger charge is 2.08. The lowest BCUT2D eigenvalue weighted by atomic mass is 10.1. The van der Waals surface area contributed by atoms with Gasteiger partial charge in [0.05, 0.1) is 10.7 Å². The first-order chi connectivity index (χ1) is 8.56. The molecule has 2 rings (SSSR count). The fourth-order valence-electron chi connectivity index (χ4n) is 1.88. The normalized spacial score (nSPS) is 12.7. The molecule has 1 N–H and O–H groups in total. The largest absolute Gasteiger partial charge is 0.305 e. The van der Waals surface area contributed by atoms with Crippen LogP contribution in [0, 0.1) is 13.8 Å². The molecule has 96 valence electrons. The molecular formula is C14H17BrN2S. The molecule has 1 atom stereocenters. The average Bonchev–Trinajstić information content (AvgIpc) is 2.65. The Kier molecular flexibility index (Phi) is 4.54. The first-order valence-corrected chi connectivity index (χ1v) is 7.59. The lowest BCUT2D eigenvalue weighted by molar-refractivity contribution is 0.577. The minimum Gasteiger partial charge on any atom is -0.305 e. The lowest BCUT2D eigenvalue weighted by Crippen LogP contribution is -2.17. The van der Waals surface area contributed by atoms with Crippen LogP contribution >= 0.6 is 27.3 Å². The fourth-order valence-corrected chi connectivity index (χ4v) is 3.18. The third-order valence-electron chi connectivity index (χ3n) is 2.92. The predicted molar refractivity (Wildman–Crippen MR) is 81.0 cm³/mol. The van der Waals surface area contributed by atoms with Crippen molar-refractivity contribution in [3.8, 4) is 0 Å². The molecule has 0 bridgehead atoms. The molecule has 0 amide bonds. The second kappa shape index (κ2) is 5.95. The monoisotopic (exact) mass is 324 g/mol. The van der Waals surface area contributed by atoms with Crippen LogP contribution in [-0.4, -0.2) is 4.98 Å². The van der Waals surface area contributed by atoms with Crippen LogP contribution in [0.3, 0.4) is 0 Å². The molecule has 1 aromatic carbocycles. The van der Waals surface area contributed by atoms with Crippen molar-refractivity contribution in [1.29, 1.82) is 0 Å². The van der Waals surface area contributed by atoms with E-state index in [9.17, 15) is 0 Å². The summed E-state index contributed by atoms with van der Waals surface area (Å²) < 4.78 is 1.12. The van der Waals surface area contributed by atoms with Gasteiger partial charge in [-0.2, -0.15) is 0 Å². The molecule has 0 radical (unpaired) electrons. The number of nitrogens with one attached hydrogen (secondary N) is 1. The maximum atomic E-state index is 4.45. The van der Waals surface area contributed by atoms with E-state index in [4.69, 9.17) is 0 Å². The van der Waals surface area contributed by atoms with E-state index in [1.807, 2.05) is 6.07 Å². The minimum atomic E-state index is 0.337. The van der Waals surface area contributed by atoms with Gasteiger partial charge in [0.25, 0.3) is 0 Å². The number of aryl methyl sites for hydroxylation is 2. The Labute approximate surface area is 121 Å². The van der Waals surface area contributed by atoms with E-state index in [-0.39, 0.29) is 0 Å². The maximum absolute atomic E-state index is 4.45. The van der Waals surface area contributed by atoms with Gasteiger partial charge >= 0.3 is 0 Å². The van der Waals surface area contributed by atoms with Crippen molar-refractivity contribution in [2.45, 2.75) is 33.4 Å². The van der Waals surface area contributed by atoms with Crippen molar-refractivity contribution in [2.24, 2.45) is 0 Å². The number of benzene rings is 1. The molecule has 2 aromatic rings. The molecule has 0 fully saturated rings. The van der Waals surface area contributed by atoms with Crippen molar-refractivity contribution in [3.05, 3.63) is 49.9 Å². The van der Waals surface area contributed by atoms with Crippen LogP contribution in [0.25, 0.3) is 0 Å². The number of hydrogen-bond acceptors (Lipinski definition) is 3. The highest BCUT2D eigenvalue weighted by atomic mass is 79.9. The molecule has 0 aliphatic carbocycles. The van der Waals surface area contributed by atoms with Crippen LogP contribution in [0.4, 0.5) is 0 Å². The van der Waals surface area contributed by atoms with Crippen LogP contribution in [0.5, 0.6) is 0 Å². The van der Waals surface area contributed by atoms with Crippen molar-refractivity contribution in [2.75, 3.05) is 0 Å². The Balaban J connectivity index is 2.00. The van der Waals surface area contributed by atoms with E-state index in [1.165, 1.54) is 10.4 Å². The zero-order chi connectivity index (χ0) is 13.1. The SMILES string of the molecule is Cc1nc(C)c(CN[C@H](C)c2cccc(Br)c2)s1. The molecule has 1 aromatic heterocycles. The van der Waals surface area contributed by atoms with Crippen LogP contribution in [-0.2, 0) is 6.54 Å². The molecule has 2 nitrogen and oxygen atoms in total. The van der Waals surface area contributed by atoms with Crippen LogP contribution in [0.1, 0.15) is 34.1 Å². The summed E-state index contributed by atoms with van der Waals surface area (Å²) in [4.78, 5) is 5.77. The van der Waals surface area contributed by atoms with Gasteiger partial charge < -0.3 is 5.32 Å².